The summed E-state index contributed by atoms with van der Waals surface area (Å²) >= 11 is 1.65. The largest absolute Gasteiger partial charge is 0.467 e. The normalized spacial score (nSPS) is 12.9. The summed E-state index contributed by atoms with van der Waals surface area (Å²) in [5, 5.41) is 4.70. The molecule has 0 fully saturated rings. The lowest BCUT2D eigenvalue weighted by Crippen LogP contribution is -2.32. The maximum absolute atomic E-state index is 13.0. The van der Waals surface area contributed by atoms with E-state index in [1.807, 2.05) is 47.0 Å². The smallest absolute Gasteiger partial charge is 0.233 e. The molecule has 0 saturated heterocycles. The van der Waals surface area contributed by atoms with E-state index in [0.29, 0.717) is 18.8 Å². The van der Waals surface area contributed by atoms with Crippen molar-refractivity contribution in [3.63, 3.8) is 0 Å². The highest BCUT2D eigenvalue weighted by Gasteiger charge is 2.24. The lowest BCUT2D eigenvalue weighted by molar-refractivity contribution is -0.129. The van der Waals surface area contributed by atoms with Gasteiger partial charge >= 0.3 is 0 Å². The summed E-state index contributed by atoms with van der Waals surface area (Å²) in [6.45, 7) is 1.01. The van der Waals surface area contributed by atoms with Crippen LogP contribution >= 0.6 is 11.8 Å². The Labute approximate surface area is 169 Å². The van der Waals surface area contributed by atoms with Crippen molar-refractivity contribution in [3.05, 3.63) is 77.0 Å². The van der Waals surface area contributed by atoms with Gasteiger partial charge in [0.15, 0.2) is 0 Å². The number of rotatable bonds is 8. The first-order valence-electron chi connectivity index (χ1n) is 9.66. The predicted octanol–water partition coefficient (Wildman–Crippen LogP) is 3.96. The third kappa shape index (κ3) is 4.33. The highest BCUT2D eigenvalue weighted by molar-refractivity contribution is 7.99. The molecule has 0 N–H and O–H groups in total. The van der Waals surface area contributed by atoms with Gasteiger partial charge in [-0.2, -0.15) is 5.10 Å². The molecule has 3 aromatic rings. The van der Waals surface area contributed by atoms with Crippen molar-refractivity contribution in [2.24, 2.45) is 7.05 Å². The first-order chi connectivity index (χ1) is 13.7. The standard InChI is InChI=1S/C22H25N3O2S/c1-24-21-11-5-10-19(21)20(23-24)14-25(13-18-9-6-12-27-18)22(26)16-28-15-17-7-3-2-4-8-17/h2-4,6-9,12H,5,10-11,13-16H2,1H3. The Morgan fingerprint density at radius 2 is 2.04 bits per heavy atom. The molecule has 0 aliphatic heterocycles. The number of amides is 1. The number of aryl methyl sites for hydroxylation is 1. The molecule has 4 rings (SSSR count). The number of furan rings is 1. The maximum Gasteiger partial charge on any atom is 0.233 e. The van der Waals surface area contributed by atoms with Gasteiger partial charge in [-0.05, 0) is 42.5 Å². The summed E-state index contributed by atoms with van der Waals surface area (Å²) in [5.41, 5.74) is 4.92. The molecule has 1 aliphatic carbocycles. The first kappa shape index (κ1) is 18.9. The van der Waals surface area contributed by atoms with Crippen LogP contribution in [0.3, 0.4) is 0 Å². The van der Waals surface area contributed by atoms with E-state index in [-0.39, 0.29) is 5.91 Å². The van der Waals surface area contributed by atoms with Gasteiger partial charge in [-0.3, -0.25) is 9.48 Å². The van der Waals surface area contributed by atoms with Gasteiger partial charge in [0.1, 0.15) is 5.76 Å². The number of carbonyl (C=O) groups is 1. The quantitative estimate of drug-likeness (QED) is 0.579. The second-order valence-electron chi connectivity index (χ2n) is 7.16. The average Bonchev–Trinajstić information content (AvgIpc) is 3.43. The summed E-state index contributed by atoms with van der Waals surface area (Å²) in [6, 6.07) is 14.0. The Morgan fingerprint density at radius 3 is 2.82 bits per heavy atom. The fourth-order valence-electron chi connectivity index (χ4n) is 3.75. The van der Waals surface area contributed by atoms with E-state index >= 15 is 0 Å². The zero-order valence-electron chi connectivity index (χ0n) is 16.1. The molecule has 5 nitrogen and oxygen atoms in total. The number of hydrogen-bond acceptors (Lipinski definition) is 4. The van der Waals surface area contributed by atoms with Crippen LogP contribution in [0.4, 0.5) is 0 Å². The van der Waals surface area contributed by atoms with E-state index in [1.54, 1.807) is 18.0 Å². The Kier molecular flexibility index (Phi) is 5.86. The van der Waals surface area contributed by atoms with Gasteiger partial charge in [0.2, 0.25) is 5.91 Å². The third-order valence-electron chi connectivity index (χ3n) is 5.16. The number of benzene rings is 1. The minimum absolute atomic E-state index is 0.120. The van der Waals surface area contributed by atoms with Crippen LogP contribution in [0.5, 0.6) is 0 Å². The van der Waals surface area contributed by atoms with E-state index in [0.717, 1.165) is 30.0 Å². The van der Waals surface area contributed by atoms with Crippen LogP contribution in [0.2, 0.25) is 0 Å². The van der Waals surface area contributed by atoms with E-state index in [9.17, 15) is 4.79 Å². The second kappa shape index (κ2) is 8.69. The number of nitrogens with zero attached hydrogens (tertiary/aromatic N) is 3. The van der Waals surface area contributed by atoms with Crippen molar-refractivity contribution in [1.82, 2.24) is 14.7 Å². The van der Waals surface area contributed by atoms with Crippen molar-refractivity contribution in [2.45, 2.75) is 38.1 Å². The molecule has 2 heterocycles. The van der Waals surface area contributed by atoms with E-state index in [1.165, 1.54) is 23.2 Å². The highest BCUT2D eigenvalue weighted by Crippen LogP contribution is 2.26. The van der Waals surface area contributed by atoms with Crippen LogP contribution in [0.1, 0.15) is 34.7 Å². The van der Waals surface area contributed by atoms with E-state index in [4.69, 9.17) is 9.52 Å². The number of aromatic nitrogens is 2. The molecule has 0 bridgehead atoms. The summed E-state index contributed by atoms with van der Waals surface area (Å²) in [6.07, 6.45) is 4.97. The maximum atomic E-state index is 13.0. The molecule has 1 aromatic carbocycles. The Balaban J connectivity index is 1.44. The van der Waals surface area contributed by atoms with Gasteiger partial charge in [0, 0.05) is 18.5 Å². The molecule has 0 spiro atoms. The lowest BCUT2D eigenvalue weighted by atomic mass is 10.2. The van der Waals surface area contributed by atoms with Crippen LogP contribution in [-0.4, -0.2) is 26.3 Å². The molecule has 28 heavy (non-hydrogen) atoms. The van der Waals surface area contributed by atoms with E-state index in [2.05, 4.69) is 12.1 Å². The third-order valence-corrected chi connectivity index (χ3v) is 6.14. The molecule has 1 amide bonds. The van der Waals surface area contributed by atoms with Crippen LogP contribution in [0.25, 0.3) is 0 Å². The number of hydrogen-bond donors (Lipinski definition) is 0. The second-order valence-corrected chi connectivity index (χ2v) is 8.14. The minimum atomic E-state index is 0.120. The molecular weight excluding hydrogens is 370 g/mol. The molecule has 2 aromatic heterocycles. The average molecular weight is 396 g/mol. The summed E-state index contributed by atoms with van der Waals surface area (Å²) in [7, 11) is 2.00. The van der Waals surface area contributed by atoms with Crippen LogP contribution in [0, 0.1) is 0 Å². The molecule has 0 atom stereocenters. The van der Waals surface area contributed by atoms with Gasteiger partial charge in [-0.15, -0.1) is 11.8 Å². The van der Waals surface area contributed by atoms with Crippen molar-refractivity contribution in [2.75, 3.05) is 5.75 Å². The minimum Gasteiger partial charge on any atom is -0.467 e. The molecule has 146 valence electrons. The van der Waals surface area contributed by atoms with Gasteiger partial charge < -0.3 is 9.32 Å². The summed E-state index contributed by atoms with van der Waals surface area (Å²) < 4.78 is 7.48. The molecular formula is C22H25N3O2S. The summed E-state index contributed by atoms with van der Waals surface area (Å²) in [5.74, 6) is 2.20. The monoisotopic (exact) mass is 395 g/mol. The SMILES string of the molecule is Cn1nc(CN(Cc2ccco2)C(=O)CSCc2ccccc2)c2c1CCC2. The molecule has 0 saturated carbocycles. The summed E-state index contributed by atoms with van der Waals surface area (Å²) in [4.78, 5) is 14.9. The van der Waals surface area contributed by atoms with Gasteiger partial charge in [-0.25, -0.2) is 0 Å². The van der Waals surface area contributed by atoms with Crippen molar-refractivity contribution < 1.29 is 9.21 Å². The topological polar surface area (TPSA) is 51.3 Å². The highest BCUT2D eigenvalue weighted by atomic mass is 32.2. The van der Waals surface area contributed by atoms with Gasteiger partial charge in [-0.1, -0.05) is 30.3 Å². The molecule has 1 aliphatic rings. The number of thioether (sulfide) groups is 1. The molecule has 6 heteroatoms. The van der Waals surface area contributed by atoms with Gasteiger partial charge in [0.25, 0.3) is 0 Å². The van der Waals surface area contributed by atoms with Gasteiger partial charge in [0.05, 0.1) is 30.8 Å². The van der Waals surface area contributed by atoms with Crippen LogP contribution in [0.15, 0.2) is 53.1 Å². The fraction of sp³-hybridized carbons (Fsp3) is 0.364. The molecule has 0 radical (unpaired) electrons. The molecule has 0 unspecified atom stereocenters. The fourth-order valence-corrected chi connectivity index (χ4v) is 4.64. The van der Waals surface area contributed by atoms with Crippen LogP contribution < -0.4 is 0 Å². The van der Waals surface area contributed by atoms with Crippen LogP contribution in [-0.2, 0) is 43.5 Å². The lowest BCUT2D eigenvalue weighted by Gasteiger charge is -2.21. The first-order valence-corrected chi connectivity index (χ1v) is 10.8. The Hall–Kier alpha value is -2.47. The zero-order valence-corrected chi connectivity index (χ0v) is 17.0. The van der Waals surface area contributed by atoms with E-state index < -0.39 is 0 Å². The Morgan fingerprint density at radius 1 is 1.18 bits per heavy atom. The van der Waals surface area contributed by atoms with Crippen molar-refractivity contribution in [3.8, 4) is 0 Å². The zero-order chi connectivity index (χ0) is 19.3. The van der Waals surface area contributed by atoms with Crippen molar-refractivity contribution >= 4 is 17.7 Å². The predicted molar refractivity (Wildman–Crippen MR) is 111 cm³/mol. The number of carbonyl (C=O) groups excluding carboxylic acids is 1. The van der Waals surface area contributed by atoms with Crippen molar-refractivity contribution in [1.29, 1.82) is 0 Å². The number of fused-ring (bicyclic) bond motifs is 1. The Bertz CT molecular complexity index is 919.